The van der Waals surface area contributed by atoms with E-state index >= 15 is 0 Å². The number of rotatable bonds is 4. The predicted octanol–water partition coefficient (Wildman–Crippen LogP) is 0.982. The average Bonchev–Trinajstić information content (AvgIpc) is 2.98. The highest BCUT2D eigenvalue weighted by molar-refractivity contribution is 5.85. The van der Waals surface area contributed by atoms with E-state index in [-0.39, 0.29) is 12.1 Å². The van der Waals surface area contributed by atoms with E-state index in [1.54, 1.807) is 7.11 Å². The molecule has 2 rings (SSSR count). The molecule has 1 aliphatic carbocycles. The Labute approximate surface area is 92.9 Å². The molecule has 0 aliphatic heterocycles. The summed E-state index contributed by atoms with van der Waals surface area (Å²) in [5.41, 5.74) is -0.701. The maximum Gasteiger partial charge on any atom is 0.321 e. The van der Waals surface area contributed by atoms with Gasteiger partial charge in [-0.3, -0.25) is 4.79 Å². The quantitative estimate of drug-likeness (QED) is 0.712. The van der Waals surface area contributed by atoms with Crippen LogP contribution in [-0.2, 0) is 19.7 Å². The monoisotopic (exact) mass is 226 g/mol. The van der Waals surface area contributed by atoms with Gasteiger partial charge in [-0.15, -0.1) is 0 Å². The molecule has 6 nitrogen and oxygen atoms in total. The molecule has 88 valence electrons. The minimum atomic E-state index is -0.701. The first-order chi connectivity index (χ1) is 7.64. The van der Waals surface area contributed by atoms with Crippen molar-refractivity contribution in [1.82, 2.24) is 10.1 Å². The normalized spacial score (nSPS) is 19.2. The Hall–Kier alpha value is -1.43. The van der Waals surface area contributed by atoms with Crippen molar-refractivity contribution in [3.8, 4) is 0 Å². The van der Waals surface area contributed by atoms with Gasteiger partial charge >= 0.3 is 5.97 Å². The highest BCUT2D eigenvalue weighted by atomic mass is 16.5. The smallest absolute Gasteiger partial charge is 0.321 e. The van der Waals surface area contributed by atoms with E-state index in [1.807, 2.05) is 6.92 Å². The Morgan fingerprint density at radius 2 is 2.19 bits per heavy atom. The van der Waals surface area contributed by atoms with E-state index in [0.717, 1.165) is 0 Å². The van der Waals surface area contributed by atoms with E-state index in [0.29, 0.717) is 24.6 Å². The summed E-state index contributed by atoms with van der Waals surface area (Å²) in [4.78, 5) is 15.7. The van der Waals surface area contributed by atoms with Crippen molar-refractivity contribution in [2.75, 3.05) is 14.2 Å². The van der Waals surface area contributed by atoms with Crippen LogP contribution in [0.5, 0.6) is 0 Å². The number of methoxy groups -OCH3 is 2. The number of nitrogens with zero attached hydrogens (tertiary/aromatic N) is 2. The molecule has 0 saturated heterocycles. The first kappa shape index (κ1) is 11.1. The molecule has 0 N–H and O–H groups in total. The molecule has 0 spiro atoms. The Bertz CT molecular complexity index is 397. The molecule has 0 bridgehead atoms. The van der Waals surface area contributed by atoms with Gasteiger partial charge in [0.2, 0.25) is 5.89 Å². The molecule has 1 heterocycles. The van der Waals surface area contributed by atoms with Crippen LogP contribution < -0.4 is 0 Å². The van der Waals surface area contributed by atoms with Crippen LogP contribution in [0.3, 0.4) is 0 Å². The van der Waals surface area contributed by atoms with Gasteiger partial charge in [-0.05, 0) is 19.8 Å². The van der Waals surface area contributed by atoms with Crippen LogP contribution in [0.2, 0.25) is 0 Å². The Morgan fingerprint density at radius 1 is 1.50 bits per heavy atom. The summed E-state index contributed by atoms with van der Waals surface area (Å²) in [5.74, 6) is 0.471. The number of carbonyl (C=O) groups excluding carboxylic acids is 1. The number of hydrogen-bond donors (Lipinski definition) is 0. The lowest BCUT2D eigenvalue weighted by Crippen LogP contribution is -2.22. The van der Waals surface area contributed by atoms with Crippen molar-refractivity contribution in [2.45, 2.75) is 31.3 Å². The second-order valence-corrected chi connectivity index (χ2v) is 3.91. The largest absolute Gasteiger partial charge is 0.468 e. The van der Waals surface area contributed by atoms with Crippen LogP contribution in [-0.4, -0.2) is 30.3 Å². The van der Waals surface area contributed by atoms with Gasteiger partial charge in [-0.1, -0.05) is 5.16 Å². The minimum Gasteiger partial charge on any atom is -0.468 e. The zero-order valence-corrected chi connectivity index (χ0v) is 9.52. The lowest BCUT2D eigenvalue weighted by Gasteiger charge is -2.06. The third-order valence-electron chi connectivity index (χ3n) is 2.89. The second-order valence-electron chi connectivity index (χ2n) is 3.91. The fourth-order valence-corrected chi connectivity index (χ4v) is 1.53. The Kier molecular flexibility index (Phi) is 2.67. The fraction of sp³-hybridized carbons (Fsp3) is 0.700. The van der Waals surface area contributed by atoms with Crippen molar-refractivity contribution in [1.29, 1.82) is 0 Å². The third kappa shape index (κ3) is 1.59. The van der Waals surface area contributed by atoms with Crippen LogP contribution in [0, 0.1) is 0 Å². The van der Waals surface area contributed by atoms with Gasteiger partial charge < -0.3 is 14.0 Å². The molecule has 6 heteroatoms. The van der Waals surface area contributed by atoms with Crippen LogP contribution in [0.1, 0.15) is 37.6 Å². The van der Waals surface area contributed by atoms with Crippen molar-refractivity contribution in [3.63, 3.8) is 0 Å². The summed E-state index contributed by atoms with van der Waals surface area (Å²) in [6, 6.07) is 0. The first-order valence-electron chi connectivity index (χ1n) is 5.09. The maximum absolute atomic E-state index is 11.6. The molecule has 1 aromatic rings. The SMILES string of the molecule is COC(=O)C1(c2nc(C(C)OC)no2)CC1. The van der Waals surface area contributed by atoms with Crippen LogP contribution in [0.15, 0.2) is 4.52 Å². The fourth-order valence-electron chi connectivity index (χ4n) is 1.53. The highest BCUT2D eigenvalue weighted by Crippen LogP contribution is 2.48. The van der Waals surface area contributed by atoms with Crippen LogP contribution in [0.4, 0.5) is 0 Å². The lowest BCUT2D eigenvalue weighted by atomic mass is 10.1. The van der Waals surface area contributed by atoms with Crippen molar-refractivity contribution in [3.05, 3.63) is 11.7 Å². The van der Waals surface area contributed by atoms with E-state index in [1.165, 1.54) is 7.11 Å². The minimum absolute atomic E-state index is 0.244. The summed E-state index contributed by atoms with van der Waals surface area (Å²) in [5, 5.41) is 3.79. The molecule has 1 unspecified atom stereocenters. The van der Waals surface area contributed by atoms with Gasteiger partial charge in [0.05, 0.1) is 7.11 Å². The van der Waals surface area contributed by atoms with Gasteiger partial charge in [0.15, 0.2) is 5.82 Å². The third-order valence-corrected chi connectivity index (χ3v) is 2.89. The number of hydrogen-bond acceptors (Lipinski definition) is 6. The van der Waals surface area contributed by atoms with E-state index in [2.05, 4.69) is 10.1 Å². The number of carbonyl (C=O) groups is 1. The standard InChI is InChI=1S/C10H14N2O4/c1-6(14-2)7-11-8(16-12-7)10(4-5-10)9(13)15-3/h6H,4-5H2,1-3H3. The van der Waals surface area contributed by atoms with Crippen LogP contribution >= 0.6 is 0 Å². The van der Waals surface area contributed by atoms with Gasteiger partial charge in [0.25, 0.3) is 0 Å². The Balaban J connectivity index is 2.22. The van der Waals surface area contributed by atoms with Gasteiger partial charge in [0, 0.05) is 7.11 Å². The highest BCUT2D eigenvalue weighted by Gasteiger charge is 2.57. The predicted molar refractivity (Wildman–Crippen MR) is 52.7 cm³/mol. The zero-order chi connectivity index (χ0) is 11.8. The molecule has 1 aromatic heterocycles. The second kappa shape index (κ2) is 3.86. The first-order valence-corrected chi connectivity index (χ1v) is 5.09. The Morgan fingerprint density at radius 3 is 2.69 bits per heavy atom. The van der Waals surface area contributed by atoms with Gasteiger partial charge in [-0.25, -0.2) is 0 Å². The zero-order valence-electron chi connectivity index (χ0n) is 9.52. The molecule has 0 amide bonds. The summed E-state index contributed by atoms with van der Waals surface area (Å²) >= 11 is 0. The number of esters is 1. The van der Waals surface area contributed by atoms with E-state index in [9.17, 15) is 4.79 Å². The molecule has 1 atom stereocenters. The number of ether oxygens (including phenoxy) is 2. The van der Waals surface area contributed by atoms with E-state index in [4.69, 9.17) is 14.0 Å². The van der Waals surface area contributed by atoms with Crippen molar-refractivity contribution < 1.29 is 18.8 Å². The number of aromatic nitrogens is 2. The van der Waals surface area contributed by atoms with Crippen LogP contribution in [0.25, 0.3) is 0 Å². The molecule has 1 aliphatic rings. The molecule has 1 fully saturated rings. The topological polar surface area (TPSA) is 74.5 Å². The molecule has 1 saturated carbocycles. The van der Waals surface area contributed by atoms with E-state index < -0.39 is 5.41 Å². The summed E-state index contributed by atoms with van der Waals surface area (Å²) in [6.45, 7) is 1.81. The van der Waals surface area contributed by atoms with Gasteiger partial charge in [0.1, 0.15) is 11.5 Å². The summed E-state index contributed by atoms with van der Waals surface area (Å²) in [7, 11) is 2.92. The molecule has 0 aromatic carbocycles. The lowest BCUT2D eigenvalue weighted by molar-refractivity contribution is -0.144. The molecule has 16 heavy (non-hydrogen) atoms. The summed E-state index contributed by atoms with van der Waals surface area (Å²) < 4.78 is 14.9. The maximum atomic E-state index is 11.6. The summed E-state index contributed by atoms with van der Waals surface area (Å²) in [6.07, 6.45) is 1.15. The average molecular weight is 226 g/mol. The van der Waals surface area contributed by atoms with Gasteiger partial charge in [-0.2, -0.15) is 4.98 Å². The molecular weight excluding hydrogens is 212 g/mol. The van der Waals surface area contributed by atoms with Crippen molar-refractivity contribution in [2.24, 2.45) is 0 Å². The van der Waals surface area contributed by atoms with Crippen molar-refractivity contribution >= 4 is 5.97 Å². The molecule has 0 radical (unpaired) electrons. The molecular formula is C10H14N2O4.